The number of hydrogen-bond acceptors (Lipinski definition) is 2. The van der Waals surface area contributed by atoms with Crippen LogP contribution in [-0.2, 0) is 9.84 Å². The van der Waals surface area contributed by atoms with Crippen LogP contribution >= 0.6 is 11.6 Å². The van der Waals surface area contributed by atoms with E-state index in [4.69, 9.17) is 16.7 Å². The van der Waals surface area contributed by atoms with Gasteiger partial charge in [-0.25, -0.2) is 17.2 Å². The van der Waals surface area contributed by atoms with Crippen LogP contribution in [0.1, 0.15) is 24.2 Å². The molecule has 2 rings (SSSR count). The molecule has 0 aliphatic rings. The van der Waals surface area contributed by atoms with Gasteiger partial charge in [0.1, 0.15) is 18.2 Å². The molecule has 24 heavy (non-hydrogen) atoms. The van der Waals surface area contributed by atoms with Crippen LogP contribution in [0.2, 0.25) is 5.02 Å². The Balaban J connectivity index is 2.61. The number of rotatable bonds is 6. The predicted octanol–water partition coefficient (Wildman–Crippen LogP) is 3.88. The quantitative estimate of drug-likeness (QED) is 0.719. The normalized spacial score (nSPS) is 14.4. The molecule has 7 heteroatoms. The minimum Gasteiger partial charge on any atom is -0.445 e. The minimum absolute atomic E-state index is 0.00919. The topological polar surface area (TPSA) is 57.0 Å². The molecule has 2 aromatic rings. The van der Waals surface area contributed by atoms with E-state index < -0.39 is 32.6 Å². The maximum atomic E-state index is 14.2. The first kappa shape index (κ1) is 18.8. The monoisotopic (exact) mass is 375 g/mol. The smallest absolute Gasteiger partial charge is 0.185 e. The van der Waals surface area contributed by atoms with E-state index in [2.05, 4.69) is 0 Å². The van der Waals surface area contributed by atoms with E-state index in [9.17, 15) is 17.2 Å². The molecule has 0 radical (unpaired) electrons. The molecule has 2 atom stereocenters. The van der Waals surface area contributed by atoms with Gasteiger partial charge in [-0.1, -0.05) is 18.5 Å². The Labute approximate surface area is 144 Å². The molecule has 0 saturated carbocycles. The SMILES string of the molecule is CC(CC[OH2+])C(c1cc(F)ccc1F)S(=O)(=O)c1ccc(Cl)cc1. The Hall–Kier alpha value is -1.50. The molecule has 0 amide bonds. The van der Waals surface area contributed by atoms with Gasteiger partial charge in [0, 0.05) is 17.0 Å². The summed E-state index contributed by atoms with van der Waals surface area (Å²) < 4.78 is 53.9. The van der Waals surface area contributed by atoms with Crippen molar-refractivity contribution in [1.29, 1.82) is 0 Å². The lowest BCUT2D eigenvalue weighted by Gasteiger charge is -2.24. The zero-order chi connectivity index (χ0) is 17.9. The number of halogens is 3. The van der Waals surface area contributed by atoms with Gasteiger partial charge in [0.25, 0.3) is 0 Å². The van der Waals surface area contributed by atoms with Crippen LogP contribution in [0.25, 0.3) is 0 Å². The van der Waals surface area contributed by atoms with Crippen molar-refractivity contribution in [1.82, 2.24) is 0 Å². The van der Waals surface area contributed by atoms with Crippen LogP contribution in [-0.4, -0.2) is 20.1 Å². The molecule has 0 bridgehead atoms. The highest BCUT2D eigenvalue weighted by molar-refractivity contribution is 7.91. The van der Waals surface area contributed by atoms with Gasteiger partial charge in [0.2, 0.25) is 0 Å². The van der Waals surface area contributed by atoms with Crippen molar-refractivity contribution < 1.29 is 22.3 Å². The van der Waals surface area contributed by atoms with Crippen molar-refractivity contribution in [2.75, 3.05) is 6.61 Å². The lowest BCUT2D eigenvalue weighted by Crippen LogP contribution is -2.23. The molecule has 0 fully saturated rings. The van der Waals surface area contributed by atoms with Gasteiger partial charge >= 0.3 is 0 Å². The van der Waals surface area contributed by atoms with Crippen LogP contribution in [0.5, 0.6) is 0 Å². The molecular formula is C17H18ClF2O3S+. The molecule has 0 spiro atoms. The second-order valence-electron chi connectivity index (χ2n) is 5.60. The Morgan fingerprint density at radius 2 is 1.75 bits per heavy atom. The van der Waals surface area contributed by atoms with Crippen LogP contribution in [0.3, 0.4) is 0 Å². The highest BCUT2D eigenvalue weighted by Crippen LogP contribution is 2.38. The summed E-state index contributed by atoms with van der Waals surface area (Å²) in [4.78, 5) is -0.0163. The highest BCUT2D eigenvalue weighted by Gasteiger charge is 2.36. The standard InChI is InChI=1S/C17H17ClF2O3S/c1-11(8-9-21)17(15-10-13(19)4-7-16(15)20)24(22,23)14-5-2-12(18)3-6-14/h2-7,10-11,17,21H,8-9H2,1H3/p+1. The van der Waals surface area contributed by atoms with E-state index in [1.807, 2.05) is 0 Å². The molecule has 0 saturated heterocycles. The molecule has 0 aromatic heterocycles. The van der Waals surface area contributed by atoms with Crippen LogP contribution in [0.4, 0.5) is 8.78 Å². The molecule has 2 unspecified atom stereocenters. The van der Waals surface area contributed by atoms with Gasteiger partial charge in [0.15, 0.2) is 9.84 Å². The fourth-order valence-corrected chi connectivity index (χ4v) is 4.86. The minimum atomic E-state index is -3.98. The number of hydrogen-bond donors (Lipinski definition) is 0. The summed E-state index contributed by atoms with van der Waals surface area (Å²) in [5.74, 6) is -2.05. The molecule has 0 aliphatic heterocycles. The maximum absolute atomic E-state index is 14.2. The van der Waals surface area contributed by atoms with E-state index in [1.54, 1.807) is 6.92 Å². The summed E-state index contributed by atoms with van der Waals surface area (Å²) >= 11 is 5.79. The fraction of sp³-hybridized carbons (Fsp3) is 0.294. The first-order valence-electron chi connectivity index (χ1n) is 7.36. The molecule has 130 valence electrons. The summed E-state index contributed by atoms with van der Waals surface area (Å²) in [6, 6.07) is 8.33. The average Bonchev–Trinajstić information content (AvgIpc) is 2.51. The Kier molecular flexibility index (Phi) is 5.96. The van der Waals surface area contributed by atoms with Crippen molar-refractivity contribution in [2.45, 2.75) is 23.5 Å². The van der Waals surface area contributed by atoms with Crippen molar-refractivity contribution in [2.24, 2.45) is 5.92 Å². The molecule has 0 aliphatic carbocycles. The van der Waals surface area contributed by atoms with Gasteiger partial charge in [-0.3, -0.25) is 0 Å². The molecule has 0 heterocycles. The number of benzene rings is 2. The second kappa shape index (κ2) is 7.59. The van der Waals surface area contributed by atoms with Crippen LogP contribution < -0.4 is 0 Å². The Bertz CT molecular complexity index is 807. The second-order valence-corrected chi connectivity index (χ2v) is 8.11. The fourth-order valence-electron chi connectivity index (χ4n) is 2.66. The number of sulfone groups is 1. The molecular weight excluding hydrogens is 358 g/mol. The first-order chi connectivity index (χ1) is 11.3. The first-order valence-corrected chi connectivity index (χ1v) is 9.28. The van der Waals surface area contributed by atoms with Gasteiger partial charge in [-0.15, -0.1) is 0 Å². The van der Waals surface area contributed by atoms with Crippen molar-refractivity contribution >= 4 is 21.4 Å². The largest absolute Gasteiger partial charge is 0.445 e. The van der Waals surface area contributed by atoms with Gasteiger partial charge in [-0.2, -0.15) is 0 Å². The van der Waals surface area contributed by atoms with E-state index >= 15 is 0 Å². The van der Waals surface area contributed by atoms with Crippen molar-refractivity contribution in [3.63, 3.8) is 0 Å². The van der Waals surface area contributed by atoms with E-state index in [1.165, 1.54) is 24.3 Å². The van der Waals surface area contributed by atoms with Gasteiger partial charge in [-0.05, 0) is 48.4 Å². The Morgan fingerprint density at radius 3 is 2.33 bits per heavy atom. The van der Waals surface area contributed by atoms with Gasteiger partial charge in [0.05, 0.1) is 10.1 Å². The third-order valence-corrected chi connectivity index (χ3v) is 6.43. The Morgan fingerprint density at radius 1 is 1.12 bits per heavy atom. The summed E-state index contributed by atoms with van der Waals surface area (Å²) in [7, 11) is -3.98. The third kappa shape index (κ3) is 3.94. The molecule has 3 nitrogen and oxygen atoms in total. The summed E-state index contributed by atoms with van der Waals surface area (Å²) in [5, 5.41) is 6.44. The average molecular weight is 376 g/mol. The summed E-state index contributed by atoms with van der Waals surface area (Å²) in [5.41, 5.74) is -0.217. The van der Waals surface area contributed by atoms with Crippen LogP contribution in [0, 0.1) is 17.6 Å². The van der Waals surface area contributed by atoms with Crippen molar-refractivity contribution in [3.05, 3.63) is 64.7 Å². The molecule has 2 N–H and O–H groups in total. The van der Waals surface area contributed by atoms with Crippen molar-refractivity contribution in [3.8, 4) is 0 Å². The van der Waals surface area contributed by atoms with Gasteiger partial charge < -0.3 is 5.11 Å². The van der Waals surface area contributed by atoms with E-state index in [0.29, 0.717) is 5.02 Å². The molecule has 2 aromatic carbocycles. The zero-order valence-corrected chi connectivity index (χ0v) is 14.5. The maximum Gasteiger partial charge on any atom is 0.185 e. The highest BCUT2D eigenvalue weighted by atomic mass is 35.5. The zero-order valence-electron chi connectivity index (χ0n) is 13.0. The lowest BCUT2D eigenvalue weighted by molar-refractivity contribution is 0.259. The lowest BCUT2D eigenvalue weighted by atomic mass is 9.97. The van der Waals surface area contributed by atoms with E-state index in [-0.39, 0.29) is 23.5 Å². The van der Waals surface area contributed by atoms with Crippen LogP contribution in [0.15, 0.2) is 47.4 Å². The summed E-state index contributed by atoms with van der Waals surface area (Å²) in [6.45, 7) is 1.61. The van der Waals surface area contributed by atoms with E-state index in [0.717, 1.165) is 18.2 Å². The summed E-state index contributed by atoms with van der Waals surface area (Å²) in [6.07, 6.45) is 0.243. The third-order valence-electron chi connectivity index (χ3n) is 3.86. The predicted molar refractivity (Wildman–Crippen MR) is 90.0 cm³/mol.